The zero-order chi connectivity index (χ0) is 30.3. The maximum Gasteiger partial charge on any atom is 0.412 e. The number of halogens is 2. The topological polar surface area (TPSA) is 120 Å². The van der Waals surface area contributed by atoms with E-state index in [1.54, 1.807) is 19.1 Å². The number of hydrogen-bond acceptors (Lipinski definition) is 8. The van der Waals surface area contributed by atoms with Crippen LogP contribution in [0.2, 0.25) is 5.02 Å². The predicted molar refractivity (Wildman–Crippen MR) is 152 cm³/mol. The van der Waals surface area contributed by atoms with Crippen LogP contribution in [0.5, 0.6) is 0 Å². The molecule has 2 aliphatic rings. The summed E-state index contributed by atoms with van der Waals surface area (Å²) in [5.74, 6) is -2.07. The summed E-state index contributed by atoms with van der Waals surface area (Å²) in [7, 11) is -4.44. The average Bonchev–Trinajstić information content (AvgIpc) is 3.48. The van der Waals surface area contributed by atoms with Crippen molar-refractivity contribution >= 4 is 45.3 Å². The molecule has 1 unspecified atom stereocenters. The summed E-state index contributed by atoms with van der Waals surface area (Å²) in [6, 6.07) is 11.3. The van der Waals surface area contributed by atoms with Crippen molar-refractivity contribution in [1.29, 1.82) is 0 Å². The molecule has 1 aliphatic heterocycles. The van der Waals surface area contributed by atoms with E-state index in [1.165, 1.54) is 11.0 Å². The van der Waals surface area contributed by atoms with E-state index < -0.39 is 51.9 Å². The van der Waals surface area contributed by atoms with Crippen molar-refractivity contribution in [2.24, 2.45) is 0 Å². The first-order valence-corrected chi connectivity index (χ1v) is 15.5. The molecule has 4 rings (SSSR count). The maximum absolute atomic E-state index is 14.0. The lowest BCUT2D eigenvalue weighted by atomic mass is 9.99. The van der Waals surface area contributed by atoms with Crippen molar-refractivity contribution in [3.63, 3.8) is 0 Å². The van der Waals surface area contributed by atoms with Gasteiger partial charge in [0.25, 0.3) is 0 Å². The molecule has 0 spiro atoms. The fourth-order valence-electron chi connectivity index (χ4n) is 4.96. The number of amides is 1. The molecule has 0 saturated carbocycles. The number of rotatable bonds is 10. The first-order chi connectivity index (χ1) is 20.1. The van der Waals surface area contributed by atoms with Crippen molar-refractivity contribution in [1.82, 2.24) is 4.90 Å². The Morgan fingerprint density at radius 2 is 1.81 bits per heavy atom. The van der Waals surface area contributed by atoms with Gasteiger partial charge in [-0.3, -0.25) is 4.90 Å². The number of carbonyl (C=O) groups excluding carboxylic acids is 3. The van der Waals surface area contributed by atoms with Gasteiger partial charge in [0, 0.05) is 6.54 Å². The smallest absolute Gasteiger partial charge is 0.412 e. The first kappa shape index (κ1) is 31.3. The normalized spacial score (nSPS) is 18.6. The molecule has 0 radical (unpaired) electrons. The van der Waals surface area contributed by atoms with E-state index in [-0.39, 0.29) is 42.5 Å². The van der Waals surface area contributed by atoms with Gasteiger partial charge in [-0.2, -0.15) is 0 Å². The third kappa shape index (κ3) is 7.22. The summed E-state index contributed by atoms with van der Waals surface area (Å²) in [6.45, 7) is 1.07. The van der Waals surface area contributed by atoms with Crippen molar-refractivity contribution in [2.75, 3.05) is 24.2 Å². The third-order valence-electron chi connectivity index (χ3n) is 7.03. The Kier molecular flexibility index (Phi) is 10.4. The van der Waals surface area contributed by atoms with Crippen molar-refractivity contribution in [3.8, 4) is 0 Å². The number of allylic oxidation sites excluding steroid dienone is 1. The van der Waals surface area contributed by atoms with Crippen LogP contribution in [0.25, 0.3) is 0 Å². The van der Waals surface area contributed by atoms with Crippen LogP contribution in [-0.2, 0) is 40.4 Å². The molecule has 2 aromatic rings. The number of nitrogens with zero attached hydrogens (tertiary/aromatic N) is 2. The first-order valence-electron chi connectivity index (χ1n) is 13.6. The monoisotopic (exact) mass is 622 g/mol. The Morgan fingerprint density at radius 3 is 2.52 bits per heavy atom. The molecule has 226 valence electrons. The van der Waals surface area contributed by atoms with E-state index in [9.17, 15) is 27.2 Å². The number of hydrogen-bond donors (Lipinski definition) is 0. The Labute approximate surface area is 249 Å². The molecule has 13 heteroatoms. The van der Waals surface area contributed by atoms with Gasteiger partial charge in [-0.1, -0.05) is 48.0 Å². The van der Waals surface area contributed by atoms with E-state index >= 15 is 0 Å². The fourth-order valence-corrected chi connectivity index (χ4v) is 7.19. The molecule has 2 aromatic carbocycles. The van der Waals surface area contributed by atoms with Crippen molar-refractivity contribution < 1.29 is 41.4 Å². The second kappa shape index (κ2) is 14.0. The van der Waals surface area contributed by atoms with Gasteiger partial charge >= 0.3 is 18.0 Å². The van der Waals surface area contributed by atoms with E-state index in [4.69, 9.17) is 25.8 Å². The van der Waals surface area contributed by atoms with E-state index in [0.717, 1.165) is 28.1 Å². The highest BCUT2D eigenvalue weighted by Crippen LogP contribution is 2.35. The summed E-state index contributed by atoms with van der Waals surface area (Å²) >= 11 is 6.25. The minimum Gasteiger partial charge on any atom is -0.463 e. The molecule has 1 saturated heterocycles. The lowest BCUT2D eigenvalue weighted by molar-refractivity contribution is -0.149. The summed E-state index contributed by atoms with van der Waals surface area (Å²) in [4.78, 5) is 39.8. The van der Waals surface area contributed by atoms with Gasteiger partial charge in [-0.25, -0.2) is 31.5 Å². The van der Waals surface area contributed by atoms with Crippen LogP contribution < -0.4 is 4.31 Å². The molecule has 0 bridgehead atoms. The number of esters is 2. The predicted octanol–water partition coefficient (Wildman–Crippen LogP) is 4.96. The number of carbonyl (C=O) groups is 3. The maximum atomic E-state index is 14.0. The highest BCUT2D eigenvalue weighted by Gasteiger charge is 2.41. The molecule has 42 heavy (non-hydrogen) atoms. The van der Waals surface area contributed by atoms with Crippen LogP contribution in [0.4, 0.5) is 14.9 Å². The molecule has 2 atom stereocenters. The van der Waals surface area contributed by atoms with Crippen LogP contribution in [0, 0.1) is 5.82 Å². The number of anilines is 1. The van der Waals surface area contributed by atoms with E-state index in [0.29, 0.717) is 25.7 Å². The molecule has 10 nitrogen and oxygen atoms in total. The number of likely N-dealkylation sites (tertiary alicyclic amines) is 1. The largest absolute Gasteiger partial charge is 0.463 e. The molecular weight excluding hydrogens is 591 g/mol. The van der Waals surface area contributed by atoms with E-state index in [2.05, 4.69) is 0 Å². The van der Waals surface area contributed by atoms with Crippen LogP contribution in [0.1, 0.15) is 44.6 Å². The van der Waals surface area contributed by atoms with Crippen LogP contribution in [0.3, 0.4) is 0 Å². The highest BCUT2D eigenvalue weighted by molar-refractivity contribution is 7.93. The van der Waals surface area contributed by atoms with Crippen molar-refractivity contribution in [3.05, 3.63) is 76.6 Å². The van der Waals surface area contributed by atoms with Gasteiger partial charge < -0.3 is 14.2 Å². The lowest BCUT2D eigenvalue weighted by Gasteiger charge is -2.32. The molecular formula is C29H32ClFN2O8S. The second-order valence-electron chi connectivity index (χ2n) is 9.77. The lowest BCUT2D eigenvalue weighted by Crippen LogP contribution is -2.46. The number of ether oxygens (including phenoxy) is 3. The molecule has 1 amide bonds. The molecule has 0 aromatic heterocycles. The van der Waals surface area contributed by atoms with Crippen LogP contribution in [0.15, 0.2) is 60.2 Å². The van der Waals surface area contributed by atoms with Crippen LogP contribution in [-0.4, -0.2) is 62.5 Å². The summed E-state index contributed by atoms with van der Waals surface area (Å²) in [5.41, 5.74) is 0.618. The summed E-state index contributed by atoms with van der Waals surface area (Å²) in [6.07, 6.45) is 2.54. The highest BCUT2D eigenvalue weighted by atomic mass is 35.5. The SMILES string of the molecule is CCOC(=O)C1=CCCCC1S(=O)(=O)N(COC(=O)N1CCC[C@@H]1C(=O)OCc1ccccc1)c1ccc(F)cc1Cl. The minimum absolute atomic E-state index is 0.0292. The van der Waals surface area contributed by atoms with Crippen molar-refractivity contribution in [2.45, 2.75) is 56.9 Å². The molecule has 1 aliphatic carbocycles. The average molecular weight is 623 g/mol. The zero-order valence-electron chi connectivity index (χ0n) is 23.0. The minimum atomic E-state index is -4.44. The van der Waals surface area contributed by atoms with Gasteiger partial charge in [-0.05, 0) is 62.8 Å². The standard InChI is InChI=1S/C29H32ClFN2O8S/c1-2-39-27(34)22-11-6-7-13-26(22)42(37,38)33(24-15-14-21(31)17-23(24)30)19-41-29(36)32-16-8-12-25(32)28(35)40-18-20-9-4-3-5-10-20/h3-5,9-11,14-15,17,25-26H,2,6-8,12-13,16,18-19H2,1H3/t25-,26?/m1/s1. The van der Waals surface area contributed by atoms with Gasteiger partial charge in [0.2, 0.25) is 10.0 Å². The molecule has 1 heterocycles. The number of sulfonamides is 1. The number of benzene rings is 2. The molecule has 0 N–H and O–H groups in total. The Morgan fingerprint density at radius 1 is 1.05 bits per heavy atom. The van der Waals surface area contributed by atoms with E-state index in [1.807, 2.05) is 18.2 Å². The summed E-state index contributed by atoms with van der Waals surface area (Å²) < 4.78 is 58.6. The van der Waals surface area contributed by atoms with Gasteiger partial charge in [0.15, 0.2) is 6.73 Å². The Balaban J connectivity index is 1.54. The second-order valence-corrected chi connectivity index (χ2v) is 12.2. The van der Waals surface area contributed by atoms with Crippen LogP contribution >= 0.6 is 11.6 Å². The van der Waals surface area contributed by atoms with Gasteiger partial charge in [0.1, 0.15) is 23.7 Å². The Bertz CT molecular complexity index is 1440. The molecule has 1 fully saturated rings. The zero-order valence-corrected chi connectivity index (χ0v) is 24.6. The van der Waals surface area contributed by atoms with Gasteiger partial charge in [-0.15, -0.1) is 0 Å². The third-order valence-corrected chi connectivity index (χ3v) is 9.45. The summed E-state index contributed by atoms with van der Waals surface area (Å²) in [5, 5.41) is -1.55. The fraction of sp³-hybridized carbons (Fsp3) is 0.414. The van der Waals surface area contributed by atoms with Gasteiger partial charge in [0.05, 0.1) is 22.9 Å². The quantitative estimate of drug-likeness (QED) is 0.207. The Hall–Kier alpha value is -3.64.